The lowest BCUT2D eigenvalue weighted by Gasteiger charge is -2.37. The fourth-order valence-corrected chi connectivity index (χ4v) is 1.62. The summed E-state index contributed by atoms with van der Waals surface area (Å²) in [4.78, 5) is 11.0. The number of rotatable bonds is 3. The van der Waals surface area contributed by atoms with Crippen LogP contribution in [0.3, 0.4) is 0 Å². The number of carbonyl (C=O) groups is 1. The zero-order valence-electron chi connectivity index (χ0n) is 9.14. The number of terminal acetylenes is 1. The van der Waals surface area contributed by atoms with Crippen molar-refractivity contribution >= 4 is 5.91 Å². The van der Waals surface area contributed by atoms with Gasteiger partial charge in [0, 0.05) is 6.92 Å². The second-order valence-electron chi connectivity index (χ2n) is 4.00. The van der Waals surface area contributed by atoms with Crippen molar-refractivity contribution in [2.45, 2.75) is 40.2 Å². The van der Waals surface area contributed by atoms with Crippen LogP contribution in [0.1, 0.15) is 34.6 Å². The molecule has 0 unspecified atom stereocenters. The summed E-state index contributed by atoms with van der Waals surface area (Å²) in [6, 6.07) is 0. The third-order valence-electron chi connectivity index (χ3n) is 2.44. The van der Waals surface area contributed by atoms with Crippen LogP contribution in [0.15, 0.2) is 0 Å². The van der Waals surface area contributed by atoms with Crippen molar-refractivity contribution in [1.29, 1.82) is 0 Å². The van der Waals surface area contributed by atoms with Gasteiger partial charge in [0.15, 0.2) is 0 Å². The van der Waals surface area contributed by atoms with Crippen LogP contribution in [-0.4, -0.2) is 11.4 Å². The number of amides is 1. The molecule has 0 heterocycles. The molecule has 0 saturated heterocycles. The maximum Gasteiger partial charge on any atom is 0.218 e. The van der Waals surface area contributed by atoms with Crippen LogP contribution < -0.4 is 5.32 Å². The van der Waals surface area contributed by atoms with Gasteiger partial charge in [-0.05, 0) is 11.8 Å². The average molecular weight is 181 g/mol. The van der Waals surface area contributed by atoms with Gasteiger partial charge in [0.1, 0.15) is 5.54 Å². The van der Waals surface area contributed by atoms with Crippen LogP contribution in [-0.2, 0) is 4.79 Å². The summed E-state index contributed by atoms with van der Waals surface area (Å²) >= 11 is 0. The SMILES string of the molecule is C#CC(NC(C)=O)(C(C)C)C(C)C. The van der Waals surface area contributed by atoms with Gasteiger partial charge in [-0.15, -0.1) is 6.42 Å². The molecule has 0 aliphatic carbocycles. The zero-order chi connectivity index (χ0) is 10.6. The van der Waals surface area contributed by atoms with E-state index < -0.39 is 5.54 Å². The predicted molar refractivity (Wildman–Crippen MR) is 55.1 cm³/mol. The Hall–Kier alpha value is -0.970. The minimum Gasteiger partial charge on any atom is -0.340 e. The Morgan fingerprint density at radius 3 is 1.77 bits per heavy atom. The van der Waals surface area contributed by atoms with E-state index in [-0.39, 0.29) is 17.7 Å². The lowest BCUT2D eigenvalue weighted by Crippen LogP contribution is -2.54. The molecule has 0 spiro atoms. The Morgan fingerprint density at radius 2 is 1.69 bits per heavy atom. The molecule has 0 aromatic heterocycles. The van der Waals surface area contributed by atoms with Crippen LogP contribution in [0.2, 0.25) is 0 Å². The van der Waals surface area contributed by atoms with Gasteiger partial charge in [-0.1, -0.05) is 33.6 Å². The highest BCUT2D eigenvalue weighted by atomic mass is 16.1. The first-order valence-electron chi connectivity index (χ1n) is 4.63. The van der Waals surface area contributed by atoms with Gasteiger partial charge >= 0.3 is 0 Å². The molecule has 0 radical (unpaired) electrons. The van der Waals surface area contributed by atoms with Crippen LogP contribution in [0.25, 0.3) is 0 Å². The molecule has 0 aliphatic heterocycles. The Labute approximate surface area is 81.1 Å². The van der Waals surface area contributed by atoms with E-state index in [2.05, 4.69) is 11.2 Å². The second kappa shape index (κ2) is 4.32. The molecule has 0 fully saturated rings. The third-order valence-corrected chi connectivity index (χ3v) is 2.44. The molecular weight excluding hydrogens is 162 g/mol. The molecule has 0 aromatic carbocycles. The maximum absolute atomic E-state index is 11.0. The summed E-state index contributed by atoms with van der Waals surface area (Å²) < 4.78 is 0. The van der Waals surface area contributed by atoms with Crippen molar-refractivity contribution in [3.8, 4) is 12.3 Å². The number of hydrogen-bond acceptors (Lipinski definition) is 1. The van der Waals surface area contributed by atoms with Crippen molar-refractivity contribution in [2.75, 3.05) is 0 Å². The fourth-order valence-electron chi connectivity index (χ4n) is 1.62. The first-order chi connectivity index (χ1) is 5.86. The van der Waals surface area contributed by atoms with Crippen molar-refractivity contribution in [1.82, 2.24) is 5.32 Å². The van der Waals surface area contributed by atoms with Crippen molar-refractivity contribution in [2.24, 2.45) is 11.8 Å². The molecular formula is C11H19NO. The molecule has 0 saturated carbocycles. The molecule has 0 bridgehead atoms. The molecule has 1 N–H and O–H groups in total. The smallest absolute Gasteiger partial charge is 0.218 e. The lowest BCUT2D eigenvalue weighted by molar-refractivity contribution is -0.121. The topological polar surface area (TPSA) is 29.1 Å². The summed E-state index contributed by atoms with van der Waals surface area (Å²) in [6.07, 6.45) is 5.49. The van der Waals surface area contributed by atoms with E-state index in [0.29, 0.717) is 0 Å². The summed E-state index contributed by atoms with van der Waals surface area (Å²) in [5, 5.41) is 2.87. The fraction of sp³-hybridized carbons (Fsp3) is 0.727. The van der Waals surface area contributed by atoms with Gasteiger partial charge in [0.25, 0.3) is 0 Å². The average Bonchev–Trinajstić information content (AvgIpc) is 1.98. The second-order valence-corrected chi connectivity index (χ2v) is 4.00. The Balaban J connectivity index is 4.90. The molecule has 74 valence electrons. The molecule has 0 rings (SSSR count). The van der Waals surface area contributed by atoms with Gasteiger partial charge in [-0.2, -0.15) is 0 Å². The van der Waals surface area contributed by atoms with E-state index in [1.54, 1.807) is 0 Å². The molecule has 1 amide bonds. The quantitative estimate of drug-likeness (QED) is 0.661. The minimum atomic E-state index is -0.508. The summed E-state index contributed by atoms with van der Waals surface area (Å²) in [6.45, 7) is 9.59. The van der Waals surface area contributed by atoms with E-state index in [9.17, 15) is 4.79 Å². The molecule has 2 heteroatoms. The molecule has 2 nitrogen and oxygen atoms in total. The maximum atomic E-state index is 11.0. The van der Waals surface area contributed by atoms with Gasteiger partial charge < -0.3 is 5.32 Å². The first-order valence-corrected chi connectivity index (χ1v) is 4.63. The van der Waals surface area contributed by atoms with Crippen molar-refractivity contribution in [3.63, 3.8) is 0 Å². The van der Waals surface area contributed by atoms with Crippen LogP contribution >= 0.6 is 0 Å². The monoisotopic (exact) mass is 181 g/mol. The van der Waals surface area contributed by atoms with Crippen LogP contribution in [0.5, 0.6) is 0 Å². The van der Waals surface area contributed by atoms with E-state index >= 15 is 0 Å². The van der Waals surface area contributed by atoms with E-state index in [1.165, 1.54) is 6.92 Å². The van der Waals surface area contributed by atoms with E-state index in [4.69, 9.17) is 6.42 Å². The Kier molecular flexibility index (Phi) is 4.00. The van der Waals surface area contributed by atoms with Crippen molar-refractivity contribution < 1.29 is 4.79 Å². The highest BCUT2D eigenvalue weighted by Crippen LogP contribution is 2.25. The summed E-state index contributed by atoms with van der Waals surface area (Å²) in [7, 11) is 0. The minimum absolute atomic E-state index is 0.0691. The molecule has 13 heavy (non-hydrogen) atoms. The first kappa shape index (κ1) is 12.0. The van der Waals surface area contributed by atoms with Crippen molar-refractivity contribution in [3.05, 3.63) is 0 Å². The highest BCUT2D eigenvalue weighted by Gasteiger charge is 2.35. The molecule has 0 aromatic rings. The normalized spacial score (nSPS) is 11.5. The zero-order valence-corrected chi connectivity index (χ0v) is 9.14. The highest BCUT2D eigenvalue weighted by molar-refractivity contribution is 5.74. The van der Waals surface area contributed by atoms with Gasteiger partial charge in [0.2, 0.25) is 5.91 Å². The standard InChI is InChI=1S/C11H19NO/c1-7-11(8(2)3,9(4)5)12-10(6)13/h1,8-9H,2-6H3,(H,12,13). The van der Waals surface area contributed by atoms with Gasteiger partial charge in [0.05, 0.1) is 0 Å². The van der Waals surface area contributed by atoms with Gasteiger partial charge in [-0.25, -0.2) is 0 Å². The molecule has 0 atom stereocenters. The molecule has 0 aliphatic rings. The largest absolute Gasteiger partial charge is 0.340 e. The third kappa shape index (κ3) is 2.48. The van der Waals surface area contributed by atoms with E-state index in [1.807, 2.05) is 27.7 Å². The summed E-state index contributed by atoms with van der Waals surface area (Å²) in [5.41, 5.74) is -0.508. The summed E-state index contributed by atoms with van der Waals surface area (Å²) in [5.74, 6) is 3.12. The Bertz CT molecular complexity index is 215. The predicted octanol–water partition coefficient (Wildman–Crippen LogP) is 1.81. The lowest BCUT2D eigenvalue weighted by atomic mass is 9.77. The number of nitrogens with one attached hydrogen (secondary N) is 1. The Morgan fingerprint density at radius 1 is 1.31 bits per heavy atom. The number of hydrogen-bond donors (Lipinski definition) is 1. The number of carbonyl (C=O) groups excluding carboxylic acids is 1. The van der Waals surface area contributed by atoms with Gasteiger partial charge in [-0.3, -0.25) is 4.79 Å². The van der Waals surface area contributed by atoms with Crippen LogP contribution in [0.4, 0.5) is 0 Å². The van der Waals surface area contributed by atoms with E-state index in [0.717, 1.165) is 0 Å². The van der Waals surface area contributed by atoms with Crippen LogP contribution in [0, 0.1) is 24.2 Å².